The summed E-state index contributed by atoms with van der Waals surface area (Å²) in [4.78, 5) is 15.1. The molecule has 0 fully saturated rings. The van der Waals surface area contributed by atoms with Gasteiger partial charge in [-0.25, -0.2) is 0 Å². The van der Waals surface area contributed by atoms with Gasteiger partial charge in [-0.15, -0.1) is 0 Å². The lowest BCUT2D eigenvalue weighted by Crippen LogP contribution is -2.16. The van der Waals surface area contributed by atoms with Gasteiger partial charge in [0, 0.05) is 6.20 Å². The molecule has 1 amide bonds. The largest absolute Gasteiger partial charge is 0.366 e. The number of rotatable bonds is 3. The zero-order chi connectivity index (χ0) is 9.84. The molecule has 1 rings (SSSR count). The summed E-state index contributed by atoms with van der Waals surface area (Å²) in [7, 11) is 0. The molecule has 2 N–H and O–H groups in total. The first kappa shape index (κ1) is 9.71. The molecule has 3 heteroatoms. The molecule has 0 saturated carbocycles. The molecule has 13 heavy (non-hydrogen) atoms. The molecule has 0 aliphatic carbocycles. The Balaban J connectivity index is 3.17. The molecule has 1 aromatic rings. The van der Waals surface area contributed by atoms with Crippen LogP contribution in [0.15, 0.2) is 12.3 Å². The highest BCUT2D eigenvalue weighted by atomic mass is 16.1. The lowest BCUT2D eigenvalue weighted by Gasteiger charge is -2.06. The Morgan fingerprint density at radius 1 is 1.62 bits per heavy atom. The Labute approximate surface area is 78.0 Å². The topological polar surface area (TPSA) is 56.0 Å². The summed E-state index contributed by atoms with van der Waals surface area (Å²) in [5, 5.41) is 0. The van der Waals surface area contributed by atoms with Gasteiger partial charge < -0.3 is 5.73 Å². The average Bonchev–Trinajstić information content (AvgIpc) is 2.04. The van der Waals surface area contributed by atoms with Gasteiger partial charge in [0.05, 0.1) is 11.3 Å². The third-order valence-corrected chi connectivity index (χ3v) is 1.99. The molecule has 0 unspecified atom stereocenters. The smallest absolute Gasteiger partial charge is 0.250 e. The van der Waals surface area contributed by atoms with E-state index in [9.17, 15) is 4.79 Å². The minimum absolute atomic E-state index is 0.381. The van der Waals surface area contributed by atoms with Crippen LogP contribution in [0.2, 0.25) is 0 Å². The lowest BCUT2D eigenvalue weighted by atomic mass is 10.0. The number of amides is 1. The van der Waals surface area contributed by atoms with Crippen LogP contribution in [0.5, 0.6) is 0 Å². The van der Waals surface area contributed by atoms with E-state index in [2.05, 4.69) is 11.9 Å². The van der Waals surface area contributed by atoms with Crippen molar-refractivity contribution >= 4 is 5.91 Å². The first-order chi connectivity index (χ1) is 6.16. The number of aryl methyl sites for hydroxylation is 2. The number of nitrogens with zero attached hydrogens (tertiary/aromatic N) is 1. The second-order valence-corrected chi connectivity index (χ2v) is 3.04. The van der Waals surface area contributed by atoms with Gasteiger partial charge in [-0.3, -0.25) is 9.78 Å². The second kappa shape index (κ2) is 4.03. The van der Waals surface area contributed by atoms with Crippen LogP contribution < -0.4 is 5.73 Å². The van der Waals surface area contributed by atoms with Crippen molar-refractivity contribution in [2.45, 2.75) is 26.7 Å². The number of carbonyl (C=O) groups is 1. The van der Waals surface area contributed by atoms with Gasteiger partial charge in [-0.2, -0.15) is 0 Å². The number of carbonyl (C=O) groups excluding carboxylic acids is 1. The standard InChI is InChI=1S/C10H14N2O/c1-3-4-8-5-6-12-7(2)9(8)10(11)13/h5-6H,3-4H2,1-2H3,(H2,11,13). The zero-order valence-electron chi connectivity index (χ0n) is 8.00. The Morgan fingerprint density at radius 2 is 2.31 bits per heavy atom. The molecular weight excluding hydrogens is 164 g/mol. The van der Waals surface area contributed by atoms with Crippen molar-refractivity contribution in [2.75, 3.05) is 0 Å². The molecule has 0 saturated heterocycles. The van der Waals surface area contributed by atoms with Crippen LogP contribution in [-0.4, -0.2) is 10.9 Å². The van der Waals surface area contributed by atoms with Gasteiger partial charge >= 0.3 is 0 Å². The van der Waals surface area contributed by atoms with Crippen molar-refractivity contribution in [2.24, 2.45) is 5.73 Å². The zero-order valence-corrected chi connectivity index (χ0v) is 8.00. The van der Waals surface area contributed by atoms with E-state index in [1.165, 1.54) is 0 Å². The molecular formula is C10H14N2O. The second-order valence-electron chi connectivity index (χ2n) is 3.04. The summed E-state index contributed by atoms with van der Waals surface area (Å²) in [5.74, 6) is -0.381. The third kappa shape index (κ3) is 2.05. The highest BCUT2D eigenvalue weighted by molar-refractivity contribution is 5.95. The lowest BCUT2D eigenvalue weighted by molar-refractivity contribution is 0.0998. The van der Waals surface area contributed by atoms with E-state index >= 15 is 0 Å². The average molecular weight is 178 g/mol. The highest BCUT2D eigenvalue weighted by Gasteiger charge is 2.10. The predicted octanol–water partition coefficient (Wildman–Crippen LogP) is 1.44. The van der Waals surface area contributed by atoms with E-state index in [-0.39, 0.29) is 5.91 Å². The van der Waals surface area contributed by atoms with Crippen molar-refractivity contribution in [1.82, 2.24) is 4.98 Å². The summed E-state index contributed by atoms with van der Waals surface area (Å²) >= 11 is 0. The summed E-state index contributed by atoms with van der Waals surface area (Å²) in [6.07, 6.45) is 3.60. The Morgan fingerprint density at radius 3 is 2.85 bits per heavy atom. The maximum Gasteiger partial charge on any atom is 0.250 e. The predicted molar refractivity (Wildman–Crippen MR) is 51.5 cm³/mol. The van der Waals surface area contributed by atoms with E-state index in [0.717, 1.165) is 24.1 Å². The Hall–Kier alpha value is -1.38. The molecule has 1 aromatic heterocycles. The number of hydrogen-bond donors (Lipinski definition) is 1. The number of pyridine rings is 1. The number of aromatic nitrogens is 1. The van der Waals surface area contributed by atoms with Gasteiger partial charge in [-0.05, 0) is 25.0 Å². The maximum absolute atomic E-state index is 11.1. The Bertz CT molecular complexity index is 321. The van der Waals surface area contributed by atoms with Crippen LogP contribution in [0.3, 0.4) is 0 Å². The van der Waals surface area contributed by atoms with Gasteiger partial charge in [0.2, 0.25) is 0 Å². The molecule has 0 radical (unpaired) electrons. The van der Waals surface area contributed by atoms with Crippen molar-refractivity contribution < 1.29 is 4.79 Å². The third-order valence-electron chi connectivity index (χ3n) is 1.99. The molecule has 0 aliphatic rings. The fourth-order valence-corrected chi connectivity index (χ4v) is 1.43. The van der Waals surface area contributed by atoms with Gasteiger partial charge in [0.15, 0.2) is 0 Å². The SMILES string of the molecule is CCCc1ccnc(C)c1C(N)=O. The van der Waals surface area contributed by atoms with Crippen LogP contribution in [0.25, 0.3) is 0 Å². The monoisotopic (exact) mass is 178 g/mol. The van der Waals surface area contributed by atoms with Gasteiger partial charge in [0.1, 0.15) is 0 Å². The number of nitrogens with two attached hydrogens (primary N) is 1. The van der Waals surface area contributed by atoms with Crippen molar-refractivity contribution in [1.29, 1.82) is 0 Å². The fraction of sp³-hybridized carbons (Fsp3) is 0.400. The number of hydrogen-bond acceptors (Lipinski definition) is 2. The fourth-order valence-electron chi connectivity index (χ4n) is 1.43. The van der Waals surface area contributed by atoms with E-state index in [4.69, 9.17) is 5.73 Å². The summed E-state index contributed by atoms with van der Waals surface area (Å²) in [5.41, 5.74) is 7.58. The normalized spacial score (nSPS) is 10.0. The Kier molecular flexibility index (Phi) is 3.01. The van der Waals surface area contributed by atoms with Crippen molar-refractivity contribution in [3.63, 3.8) is 0 Å². The highest BCUT2D eigenvalue weighted by Crippen LogP contribution is 2.12. The molecule has 0 bridgehead atoms. The summed E-state index contributed by atoms with van der Waals surface area (Å²) < 4.78 is 0. The van der Waals surface area contributed by atoms with Crippen LogP contribution in [0.4, 0.5) is 0 Å². The van der Waals surface area contributed by atoms with E-state index < -0.39 is 0 Å². The minimum atomic E-state index is -0.381. The van der Waals surface area contributed by atoms with Crippen LogP contribution in [0, 0.1) is 6.92 Å². The molecule has 0 atom stereocenters. The van der Waals surface area contributed by atoms with Crippen LogP contribution >= 0.6 is 0 Å². The number of primary amides is 1. The molecule has 1 heterocycles. The quantitative estimate of drug-likeness (QED) is 0.761. The molecule has 0 spiro atoms. The molecule has 70 valence electrons. The van der Waals surface area contributed by atoms with Gasteiger partial charge in [-0.1, -0.05) is 13.3 Å². The van der Waals surface area contributed by atoms with Crippen molar-refractivity contribution in [3.05, 3.63) is 29.1 Å². The van der Waals surface area contributed by atoms with E-state index in [1.54, 1.807) is 13.1 Å². The molecule has 0 aromatic carbocycles. The van der Waals surface area contributed by atoms with E-state index in [0.29, 0.717) is 5.56 Å². The van der Waals surface area contributed by atoms with Crippen molar-refractivity contribution in [3.8, 4) is 0 Å². The molecule has 3 nitrogen and oxygen atoms in total. The van der Waals surface area contributed by atoms with E-state index in [1.807, 2.05) is 6.07 Å². The minimum Gasteiger partial charge on any atom is -0.366 e. The first-order valence-corrected chi connectivity index (χ1v) is 4.41. The maximum atomic E-state index is 11.1. The van der Waals surface area contributed by atoms with Crippen LogP contribution in [-0.2, 0) is 6.42 Å². The summed E-state index contributed by atoms with van der Waals surface area (Å²) in [6.45, 7) is 3.87. The van der Waals surface area contributed by atoms with Gasteiger partial charge in [0.25, 0.3) is 5.91 Å². The molecule has 0 aliphatic heterocycles. The first-order valence-electron chi connectivity index (χ1n) is 4.41. The summed E-state index contributed by atoms with van der Waals surface area (Å²) in [6, 6.07) is 1.86. The van der Waals surface area contributed by atoms with Crippen LogP contribution in [0.1, 0.15) is 35.0 Å².